The van der Waals surface area contributed by atoms with Gasteiger partial charge in [0.25, 0.3) is 5.91 Å². The monoisotopic (exact) mass is 419 g/mol. The summed E-state index contributed by atoms with van der Waals surface area (Å²) < 4.78 is 19.1. The van der Waals surface area contributed by atoms with E-state index in [0.29, 0.717) is 42.6 Å². The Labute approximate surface area is 174 Å². The Bertz CT molecular complexity index is 914. The molecule has 0 atom stereocenters. The van der Waals surface area contributed by atoms with Crippen LogP contribution in [0.4, 0.5) is 10.1 Å². The van der Waals surface area contributed by atoms with Crippen molar-refractivity contribution in [3.05, 3.63) is 58.4 Å². The minimum atomic E-state index is -0.522. The van der Waals surface area contributed by atoms with Crippen LogP contribution in [0.1, 0.15) is 15.9 Å². The third-order valence-electron chi connectivity index (χ3n) is 4.89. The van der Waals surface area contributed by atoms with Crippen molar-refractivity contribution in [3.63, 3.8) is 0 Å². The number of halogens is 2. The van der Waals surface area contributed by atoms with E-state index in [9.17, 15) is 14.0 Å². The van der Waals surface area contributed by atoms with Gasteiger partial charge in [0, 0.05) is 37.3 Å². The van der Waals surface area contributed by atoms with E-state index >= 15 is 0 Å². The van der Waals surface area contributed by atoms with Gasteiger partial charge in [-0.15, -0.1) is 0 Å². The average molecular weight is 420 g/mol. The van der Waals surface area contributed by atoms with E-state index in [2.05, 4.69) is 5.32 Å². The van der Waals surface area contributed by atoms with Crippen molar-refractivity contribution in [1.82, 2.24) is 9.80 Å². The molecule has 0 spiro atoms. The molecular weight excluding hydrogens is 397 g/mol. The van der Waals surface area contributed by atoms with Gasteiger partial charge in [-0.25, -0.2) is 4.39 Å². The summed E-state index contributed by atoms with van der Waals surface area (Å²) in [4.78, 5) is 28.5. The van der Waals surface area contributed by atoms with Gasteiger partial charge in [0.1, 0.15) is 11.6 Å². The summed E-state index contributed by atoms with van der Waals surface area (Å²) in [5, 5.41) is 3.41. The molecule has 1 saturated heterocycles. The summed E-state index contributed by atoms with van der Waals surface area (Å²) in [6.07, 6.45) is 0. The lowest BCUT2D eigenvalue weighted by molar-refractivity contribution is -0.117. The first-order chi connectivity index (χ1) is 13.9. The summed E-state index contributed by atoms with van der Waals surface area (Å²) >= 11 is 6.09. The van der Waals surface area contributed by atoms with Crippen molar-refractivity contribution in [3.8, 4) is 5.75 Å². The van der Waals surface area contributed by atoms with Gasteiger partial charge < -0.3 is 15.0 Å². The van der Waals surface area contributed by atoms with Crippen LogP contribution in [-0.2, 0) is 4.79 Å². The van der Waals surface area contributed by atoms with Crippen molar-refractivity contribution in [2.45, 2.75) is 6.92 Å². The highest BCUT2D eigenvalue weighted by Crippen LogP contribution is 2.30. The van der Waals surface area contributed by atoms with Crippen LogP contribution in [0.2, 0.25) is 5.02 Å². The van der Waals surface area contributed by atoms with Gasteiger partial charge in [0.05, 0.1) is 24.9 Å². The van der Waals surface area contributed by atoms with E-state index in [1.54, 1.807) is 29.2 Å². The molecule has 154 valence electrons. The number of nitrogens with one attached hydrogen (secondary N) is 1. The first-order valence-electron chi connectivity index (χ1n) is 9.29. The van der Waals surface area contributed by atoms with Crippen molar-refractivity contribution in [1.29, 1.82) is 0 Å². The number of methoxy groups -OCH3 is 1. The maximum absolute atomic E-state index is 13.8. The number of amides is 2. The highest BCUT2D eigenvalue weighted by Gasteiger charge is 2.25. The lowest BCUT2D eigenvalue weighted by atomic mass is 10.1. The SMILES string of the molecule is COc1cc(Cl)c(C)cc1NC(=O)CN1CCN(C(=O)c2ccccc2F)CC1. The number of aryl methyl sites for hydroxylation is 1. The Morgan fingerprint density at radius 3 is 2.52 bits per heavy atom. The Morgan fingerprint density at radius 1 is 1.17 bits per heavy atom. The second-order valence-electron chi connectivity index (χ2n) is 6.90. The number of nitrogens with zero attached hydrogens (tertiary/aromatic N) is 2. The molecule has 1 aliphatic rings. The van der Waals surface area contributed by atoms with E-state index in [-0.39, 0.29) is 23.9 Å². The maximum Gasteiger partial charge on any atom is 0.256 e. The molecule has 0 aliphatic carbocycles. The standard InChI is InChI=1S/C21H23ClFN3O3/c1-14-11-18(19(29-2)12-16(14)22)24-20(27)13-25-7-9-26(10-8-25)21(28)15-5-3-4-6-17(15)23/h3-6,11-12H,7-10,13H2,1-2H3,(H,24,27). The molecule has 0 bridgehead atoms. The first kappa shape index (κ1) is 21.1. The quantitative estimate of drug-likeness (QED) is 0.808. The summed E-state index contributed by atoms with van der Waals surface area (Å²) in [7, 11) is 1.52. The lowest BCUT2D eigenvalue weighted by Gasteiger charge is -2.34. The molecule has 2 amide bonds. The van der Waals surface area contributed by atoms with E-state index in [1.165, 1.54) is 19.2 Å². The third-order valence-corrected chi connectivity index (χ3v) is 5.29. The molecule has 29 heavy (non-hydrogen) atoms. The molecule has 6 nitrogen and oxygen atoms in total. The zero-order valence-corrected chi connectivity index (χ0v) is 17.1. The van der Waals surface area contributed by atoms with Crippen LogP contribution < -0.4 is 10.1 Å². The van der Waals surface area contributed by atoms with Crippen molar-refractivity contribution in [2.24, 2.45) is 0 Å². The summed E-state index contributed by atoms with van der Waals surface area (Å²) in [6, 6.07) is 9.40. The van der Waals surface area contributed by atoms with Crippen LogP contribution in [0.25, 0.3) is 0 Å². The lowest BCUT2D eigenvalue weighted by Crippen LogP contribution is -2.50. The van der Waals surface area contributed by atoms with Gasteiger partial charge in [-0.05, 0) is 30.7 Å². The van der Waals surface area contributed by atoms with Crippen LogP contribution in [0.3, 0.4) is 0 Å². The molecule has 0 unspecified atom stereocenters. The van der Waals surface area contributed by atoms with Gasteiger partial charge in [-0.2, -0.15) is 0 Å². The smallest absolute Gasteiger partial charge is 0.256 e. The number of carbonyl (C=O) groups excluding carboxylic acids is 2. The molecule has 1 fully saturated rings. The zero-order valence-electron chi connectivity index (χ0n) is 16.4. The van der Waals surface area contributed by atoms with Crippen molar-refractivity contribution < 1.29 is 18.7 Å². The van der Waals surface area contributed by atoms with Gasteiger partial charge in [0.15, 0.2) is 0 Å². The number of hydrogen-bond acceptors (Lipinski definition) is 4. The average Bonchev–Trinajstić information content (AvgIpc) is 2.71. The molecule has 0 radical (unpaired) electrons. The molecular formula is C21H23ClFN3O3. The van der Waals surface area contributed by atoms with Crippen molar-refractivity contribution in [2.75, 3.05) is 45.2 Å². The molecule has 0 saturated carbocycles. The maximum atomic E-state index is 13.8. The molecule has 1 heterocycles. The fourth-order valence-corrected chi connectivity index (χ4v) is 3.39. The van der Waals surface area contributed by atoms with Crippen LogP contribution in [0.5, 0.6) is 5.75 Å². The van der Waals surface area contributed by atoms with Gasteiger partial charge in [0.2, 0.25) is 5.91 Å². The number of anilines is 1. The number of ether oxygens (including phenoxy) is 1. The molecule has 2 aromatic carbocycles. The fourth-order valence-electron chi connectivity index (χ4n) is 3.24. The second-order valence-corrected chi connectivity index (χ2v) is 7.31. The molecule has 3 rings (SSSR count). The van der Waals surface area contributed by atoms with E-state index < -0.39 is 5.82 Å². The minimum Gasteiger partial charge on any atom is -0.495 e. The molecule has 1 N–H and O–H groups in total. The van der Waals surface area contributed by atoms with Crippen LogP contribution >= 0.6 is 11.6 Å². The highest BCUT2D eigenvalue weighted by molar-refractivity contribution is 6.31. The third kappa shape index (κ3) is 5.05. The molecule has 0 aromatic heterocycles. The summed E-state index contributed by atoms with van der Waals surface area (Å²) in [5.41, 5.74) is 1.47. The van der Waals surface area contributed by atoms with E-state index in [0.717, 1.165) is 5.56 Å². The van der Waals surface area contributed by atoms with Gasteiger partial charge in [-0.1, -0.05) is 23.7 Å². The van der Waals surface area contributed by atoms with Crippen molar-refractivity contribution >= 4 is 29.1 Å². The zero-order chi connectivity index (χ0) is 21.0. The number of carbonyl (C=O) groups is 2. The Hall–Kier alpha value is -2.64. The highest BCUT2D eigenvalue weighted by atomic mass is 35.5. The summed E-state index contributed by atoms with van der Waals surface area (Å²) in [6.45, 7) is 3.97. The number of hydrogen-bond donors (Lipinski definition) is 1. The fraction of sp³-hybridized carbons (Fsp3) is 0.333. The summed E-state index contributed by atoms with van der Waals surface area (Å²) in [5.74, 6) is -0.534. The predicted molar refractivity (Wildman–Crippen MR) is 110 cm³/mol. The molecule has 2 aromatic rings. The number of benzene rings is 2. The van der Waals surface area contributed by atoms with E-state index in [4.69, 9.17) is 16.3 Å². The predicted octanol–water partition coefficient (Wildman–Crippen LogP) is 3.19. The van der Waals surface area contributed by atoms with Gasteiger partial charge in [-0.3, -0.25) is 14.5 Å². The number of rotatable bonds is 5. The van der Waals surface area contributed by atoms with Crippen LogP contribution in [0.15, 0.2) is 36.4 Å². The second kappa shape index (κ2) is 9.24. The Morgan fingerprint density at radius 2 is 1.86 bits per heavy atom. The topological polar surface area (TPSA) is 61.9 Å². The Kier molecular flexibility index (Phi) is 6.71. The van der Waals surface area contributed by atoms with Gasteiger partial charge >= 0.3 is 0 Å². The minimum absolute atomic E-state index is 0.0731. The van der Waals surface area contributed by atoms with Crippen LogP contribution in [-0.4, -0.2) is 61.4 Å². The first-order valence-corrected chi connectivity index (χ1v) is 9.67. The van der Waals surface area contributed by atoms with E-state index in [1.807, 2.05) is 11.8 Å². The Balaban J connectivity index is 1.55. The van der Waals surface area contributed by atoms with Crippen LogP contribution in [0, 0.1) is 12.7 Å². The number of piperazine rings is 1. The molecule has 1 aliphatic heterocycles. The largest absolute Gasteiger partial charge is 0.495 e. The molecule has 8 heteroatoms. The normalized spacial score (nSPS) is 14.6.